The molecule has 144 valence electrons. The van der Waals surface area contributed by atoms with Crippen molar-refractivity contribution in [2.75, 3.05) is 29.0 Å². The maximum absolute atomic E-state index is 12.5. The highest BCUT2D eigenvalue weighted by Gasteiger charge is 2.16. The minimum absolute atomic E-state index is 0.0654. The second-order valence-electron chi connectivity index (χ2n) is 5.71. The summed E-state index contributed by atoms with van der Waals surface area (Å²) in [5.74, 6) is -0.777. The standard InChI is InChI=1S/C17H21N5O4S/c1-11(23)20-14-10-12(19-9-3-2-8-18)4-5-13(14)17(24)21-15-6-7-16(27-15)22(25)26/h4-7,10,19H,2-3,8-9,18H2,1H3,(H,20,23)(H,21,24). The molecular formula is C17H21N5O4S. The summed E-state index contributed by atoms with van der Waals surface area (Å²) in [6.45, 7) is 2.70. The third-order valence-electron chi connectivity index (χ3n) is 3.54. The molecule has 0 spiro atoms. The van der Waals surface area contributed by atoms with Gasteiger partial charge in [0.25, 0.3) is 5.91 Å². The second kappa shape index (κ2) is 9.64. The van der Waals surface area contributed by atoms with Crippen LogP contribution in [-0.2, 0) is 4.79 Å². The molecule has 0 saturated carbocycles. The summed E-state index contributed by atoms with van der Waals surface area (Å²) in [7, 11) is 0. The lowest BCUT2D eigenvalue weighted by atomic mass is 10.1. The molecule has 5 N–H and O–H groups in total. The van der Waals surface area contributed by atoms with Gasteiger partial charge in [-0.25, -0.2) is 0 Å². The Hall–Kier alpha value is -2.98. The SMILES string of the molecule is CC(=O)Nc1cc(NCCCCN)ccc1C(=O)Nc1ccc([N+](=O)[O-])s1. The van der Waals surface area contributed by atoms with Crippen molar-refractivity contribution >= 4 is 44.5 Å². The number of nitrogens with one attached hydrogen (secondary N) is 3. The number of rotatable bonds is 9. The van der Waals surface area contributed by atoms with E-state index in [1.807, 2.05) is 0 Å². The zero-order valence-corrected chi connectivity index (χ0v) is 15.6. The van der Waals surface area contributed by atoms with Gasteiger partial charge in [0.05, 0.1) is 16.2 Å². The topological polar surface area (TPSA) is 139 Å². The summed E-state index contributed by atoms with van der Waals surface area (Å²) in [4.78, 5) is 34.3. The molecule has 2 rings (SSSR count). The average molecular weight is 391 g/mol. The van der Waals surface area contributed by atoms with E-state index in [1.165, 1.54) is 19.1 Å². The van der Waals surface area contributed by atoms with Crippen molar-refractivity contribution in [1.82, 2.24) is 0 Å². The fourth-order valence-electron chi connectivity index (χ4n) is 2.32. The van der Waals surface area contributed by atoms with Crippen LogP contribution in [0.25, 0.3) is 0 Å². The molecule has 1 aromatic heterocycles. The molecule has 0 unspecified atom stereocenters. The molecule has 1 aromatic carbocycles. The molecule has 2 amide bonds. The van der Waals surface area contributed by atoms with Gasteiger partial charge < -0.3 is 21.7 Å². The first-order chi connectivity index (χ1) is 12.9. The lowest BCUT2D eigenvalue weighted by Crippen LogP contribution is -2.16. The van der Waals surface area contributed by atoms with Crippen LogP contribution in [0.15, 0.2) is 30.3 Å². The van der Waals surface area contributed by atoms with Gasteiger partial charge in [-0.3, -0.25) is 19.7 Å². The monoisotopic (exact) mass is 391 g/mol. The summed E-state index contributed by atoms with van der Waals surface area (Å²) in [5, 5.41) is 19.5. The number of amides is 2. The van der Waals surface area contributed by atoms with Crippen LogP contribution in [0.5, 0.6) is 0 Å². The number of carbonyl (C=O) groups is 2. The van der Waals surface area contributed by atoms with E-state index in [0.29, 0.717) is 17.2 Å². The molecule has 2 aromatic rings. The molecule has 0 radical (unpaired) electrons. The van der Waals surface area contributed by atoms with Crippen LogP contribution in [-0.4, -0.2) is 29.8 Å². The maximum Gasteiger partial charge on any atom is 0.326 e. The first kappa shape index (κ1) is 20.3. The molecule has 0 atom stereocenters. The van der Waals surface area contributed by atoms with Gasteiger partial charge in [-0.1, -0.05) is 0 Å². The van der Waals surface area contributed by atoms with Gasteiger partial charge in [0.2, 0.25) is 5.91 Å². The highest BCUT2D eigenvalue weighted by molar-refractivity contribution is 7.19. The first-order valence-corrected chi connectivity index (χ1v) is 9.13. The number of carbonyl (C=O) groups excluding carboxylic acids is 2. The van der Waals surface area contributed by atoms with Crippen LogP contribution in [0.1, 0.15) is 30.1 Å². The average Bonchev–Trinajstić information content (AvgIpc) is 3.07. The Morgan fingerprint density at radius 3 is 2.59 bits per heavy atom. The number of hydrogen-bond donors (Lipinski definition) is 4. The summed E-state index contributed by atoms with van der Waals surface area (Å²) < 4.78 is 0. The normalized spacial score (nSPS) is 10.3. The Balaban J connectivity index is 2.15. The predicted octanol–water partition coefficient (Wildman–Crippen LogP) is 3.02. The molecule has 0 aliphatic heterocycles. The predicted molar refractivity (Wildman–Crippen MR) is 106 cm³/mol. The van der Waals surface area contributed by atoms with Crippen molar-refractivity contribution in [2.45, 2.75) is 19.8 Å². The molecular weight excluding hydrogens is 370 g/mol. The van der Waals surface area contributed by atoms with Gasteiger partial charge in [-0.05, 0) is 55.0 Å². The Labute approximate surface area is 160 Å². The van der Waals surface area contributed by atoms with Crippen molar-refractivity contribution in [1.29, 1.82) is 0 Å². The van der Waals surface area contributed by atoms with E-state index in [1.54, 1.807) is 18.2 Å². The molecule has 0 fully saturated rings. The van der Waals surface area contributed by atoms with Crippen LogP contribution < -0.4 is 21.7 Å². The highest BCUT2D eigenvalue weighted by atomic mass is 32.1. The highest BCUT2D eigenvalue weighted by Crippen LogP contribution is 2.29. The molecule has 10 heteroatoms. The van der Waals surface area contributed by atoms with Crippen molar-refractivity contribution in [3.63, 3.8) is 0 Å². The van der Waals surface area contributed by atoms with Crippen LogP contribution >= 0.6 is 11.3 Å². The number of benzene rings is 1. The van der Waals surface area contributed by atoms with Crippen molar-refractivity contribution < 1.29 is 14.5 Å². The first-order valence-electron chi connectivity index (χ1n) is 8.32. The quantitative estimate of drug-likeness (QED) is 0.294. The van der Waals surface area contributed by atoms with E-state index < -0.39 is 10.8 Å². The molecule has 0 aliphatic carbocycles. The maximum atomic E-state index is 12.5. The second-order valence-corrected chi connectivity index (χ2v) is 6.78. The summed E-state index contributed by atoms with van der Waals surface area (Å²) in [6.07, 6.45) is 1.81. The van der Waals surface area contributed by atoms with Gasteiger partial charge in [0.15, 0.2) is 0 Å². The molecule has 9 nitrogen and oxygen atoms in total. The lowest BCUT2D eigenvalue weighted by Gasteiger charge is -2.13. The van der Waals surface area contributed by atoms with Crippen LogP contribution in [0, 0.1) is 10.1 Å². The van der Waals surface area contributed by atoms with E-state index in [-0.39, 0.29) is 16.5 Å². The molecule has 0 aliphatic rings. The minimum atomic E-state index is -0.520. The van der Waals surface area contributed by atoms with Gasteiger partial charge in [0.1, 0.15) is 5.00 Å². The zero-order chi connectivity index (χ0) is 19.8. The Morgan fingerprint density at radius 2 is 1.96 bits per heavy atom. The third kappa shape index (κ3) is 6.04. The molecule has 0 saturated heterocycles. The molecule has 27 heavy (non-hydrogen) atoms. The number of nitrogens with two attached hydrogens (primary N) is 1. The van der Waals surface area contributed by atoms with Gasteiger partial charge >= 0.3 is 5.00 Å². The molecule has 0 bridgehead atoms. The Morgan fingerprint density at radius 1 is 1.19 bits per heavy atom. The van der Waals surface area contributed by atoms with Gasteiger partial charge in [-0.15, -0.1) is 0 Å². The van der Waals surface area contributed by atoms with Gasteiger partial charge in [0, 0.05) is 25.2 Å². The van der Waals surface area contributed by atoms with E-state index >= 15 is 0 Å². The third-order valence-corrected chi connectivity index (χ3v) is 4.50. The zero-order valence-electron chi connectivity index (χ0n) is 14.8. The van der Waals surface area contributed by atoms with E-state index in [4.69, 9.17) is 5.73 Å². The van der Waals surface area contributed by atoms with E-state index in [9.17, 15) is 19.7 Å². The fraction of sp³-hybridized carbons (Fsp3) is 0.294. The number of anilines is 3. The minimum Gasteiger partial charge on any atom is -0.385 e. The van der Waals surface area contributed by atoms with Gasteiger partial charge in [-0.2, -0.15) is 0 Å². The number of hydrogen-bond acceptors (Lipinski definition) is 7. The molecule has 1 heterocycles. The Bertz CT molecular complexity index is 836. The lowest BCUT2D eigenvalue weighted by molar-refractivity contribution is -0.380. The summed E-state index contributed by atoms with van der Waals surface area (Å²) >= 11 is 0.862. The van der Waals surface area contributed by atoms with Crippen molar-refractivity contribution in [3.05, 3.63) is 46.0 Å². The smallest absolute Gasteiger partial charge is 0.326 e. The van der Waals surface area contributed by atoms with Crippen LogP contribution in [0.4, 0.5) is 21.4 Å². The van der Waals surface area contributed by atoms with Crippen molar-refractivity contribution in [3.8, 4) is 0 Å². The fourth-order valence-corrected chi connectivity index (χ4v) is 3.04. The summed E-state index contributed by atoms with van der Waals surface area (Å²) in [5.41, 5.74) is 6.84. The number of unbranched alkanes of at least 4 members (excludes halogenated alkanes) is 1. The summed E-state index contributed by atoms with van der Waals surface area (Å²) in [6, 6.07) is 7.79. The van der Waals surface area contributed by atoms with Crippen molar-refractivity contribution in [2.24, 2.45) is 5.73 Å². The number of nitrogens with zero attached hydrogens (tertiary/aromatic N) is 1. The van der Waals surface area contributed by atoms with E-state index in [2.05, 4.69) is 16.0 Å². The largest absolute Gasteiger partial charge is 0.385 e. The number of thiophene rings is 1. The number of nitro groups is 1. The van der Waals surface area contributed by atoms with E-state index in [0.717, 1.165) is 36.4 Å². The Kier molecular flexibility index (Phi) is 7.26. The van der Waals surface area contributed by atoms with Crippen LogP contribution in [0.2, 0.25) is 0 Å². The van der Waals surface area contributed by atoms with Crippen LogP contribution in [0.3, 0.4) is 0 Å².